The van der Waals surface area contributed by atoms with Gasteiger partial charge in [-0.25, -0.2) is 0 Å². The second kappa shape index (κ2) is 11.3. The molecule has 0 unspecified atom stereocenters. The third kappa shape index (κ3) is 6.18. The summed E-state index contributed by atoms with van der Waals surface area (Å²) in [7, 11) is 0. The summed E-state index contributed by atoms with van der Waals surface area (Å²) in [6.07, 6.45) is -1.47. The number of thioether (sulfide) groups is 8. The van der Waals surface area contributed by atoms with Crippen molar-refractivity contribution in [1.29, 1.82) is 0 Å². The van der Waals surface area contributed by atoms with Crippen LogP contribution in [-0.2, 0) is 0 Å². The minimum atomic E-state index is -0.735. The SMILES string of the molecule is OC[C@@H](O)CSC1=C(SC[C@H](O)CO)SC(=C2SC3=C(SCCS3)S2)S1. The molecular weight excluding hydrogens is 489 g/mol. The van der Waals surface area contributed by atoms with Crippen LogP contribution in [0.1, 0.15) is 0 Å². The predicted molar refractivity (Wildman–Crippen MR) is 127 cm³/mol. The van der Waals surface area contributed by atoms with Crippen molar-refractivity contribution in [1.82, 2.24) is 0 Å². The molecule has 0 saturated heterocycles. The molecule has 0 aromatic rings. The lowest BCUT2D eigenvalue weighted by Crippen LogP contribution is -2.15. The Morgan fingerprint density at radius 2 is 1.12 bits per heavy atom. The molecular formula is C14H18O4S8. The Morgan fingerprint density at radius 1 is 0.692 bits per heavy atom. The van der Waals surface area contributed by atoms with Gasteiger partial charge in [0.15, 0.2) is 0 Å². The van der Waals surface area contributed by atoms with E-state index in [2.05, 4.69) is 0 Å². The molecule has 146 valence electrons. The first-order chi connectivity index (χ1) is 12.6. The zero-order chi connectivity index (χ0) is 18.5. The van der Waals surface area contributed by atoms with Crippen LogP contribution in [-0.4, -0.2) is 68.9 Å². The van der Waals surface area contributed by atoms with Crippen LogP contribution in [0.25, 0.3) is 0 Å². The first kappa shape index (κ1) is 22.5. The van der Waals surface area contributed by atoms with Crippen molar-refractivity contribution >= 4 is 94.1 Å². The fraction of sp³-hybridized carbons (Fsp3) is 0.571. The van der Waals surface area contributed by atoms with Crippen LogP contribution in [0.4, 0.5) is 0 Å². The topological polar surface area (TPSA) is 80.9 Å². The van der Waals surface area contributed by atoms with Crippen LogP contribution in [0.2, 0.25) is 0 Å². The molecule has 0 aromatic heterocycles. The highest BCUT2D eigenvalue weighted by molar-refractivity contribution is 8.45. The molecule has 26 heavy (non-hydrogen) atoms. The number of hydrogen-bond acceptors (Lipinski definition) is 12. The minimum absolute atomic E-state index is 0.242. The van der Waals surface area contributed by atoms with E-state index in [0.717, 1.165) is 8.47 Å². The van der Waals surface area contributed by atoms with E-state index in [1.54, 1.807) is 47.0 Å². The molecule has 0 spiro atoms. The smallest absolute Gasteiger partial charge is 0.0864 e. The van der Waals surface area contributed by atoms with Gasteiger partial charge in [-0.2, -0.15) is 0 Å². The van der Waals surface area contributed by atoms with E-state index in [1.807, 2.05) is 47.0 Å². The number of hydrogen-bond donors (Lipinski definition) is 4. The molecule has 0 amide bonds. The Morgan fingerprint density at radius 3 is 1.54 bits per heavy atom. The first-order valence-electron chi connectivity index (χ1n) is 7.64. The molecule has 0 aromatic carbocycles. The highest BCUT2D eigenvalue weighted by Crippen LogP contribution is 2.66. The van der Waals surface area contributed by atoms with E-state index < -0.39 is 12.2 Å². The van der Waals surface area contributed by atoms with Crippen molar-refractivity contribution < 1.29 is 20.4 Å². The Kier molecular flexibility index (Phi) is 9.80. The average Bonchev–Trinajstić information content (AvgIpc) is 3.27. The second-order valence-corrected chi connectivity index (χ2v) is 15.0. The van der Waals surface area contributed by atoms with Gasteiger partial charge in [0, 0.05) is 23.0 Å². The number of aliphatic hydroxyl groups is 4. The molecule has 3 heterocycles. The normalized spacial score (nSPS) is 23.1. The maximum Gasteiger partial charge on any atom is 0.0864 e. The molecule has 3 rings (SSSR count). The van der Waals surface area contributed by atoms with Crippen LogP contribution in [0, 0.1) is 0 Å². The lowest BCUT2D eigenvalue weighted by atomic mass is 10.4. The summed E-state index contributed by atoms with van der Waals surface area (Å²) in [4.78, 5) is 0. The Balaban J connectivity index is 1.67. The average molecular weight is 507 g/mol. The number of aliphatic hydroxyl groups excluding tert-OH is 4. The Labute approximate surface area is 187 Å². The van der Waals surface area contributed by atoms with Gasteiger partial charge in [0.05, 0.1) is 50.8 Å². The van der Waals surface area contributed by atoms with Gasteiger partial charge in [-0.3, -0.25) is 0 Å². The highest BCUT2D eigenvalue weighted by Gasteiger charge is 2.32. The van der Waals surface area contributed by atoms with Crippen molar-refractivity contribution in [3.63, 3.8) is 0 Å². The summed E-state index contributed by atoms with van der Waals surface area (Å²) in [5, 5.41) is 37.4. The van der Waals surface area contributed by atoms with Gasteiger partial charge in [0.25, 0.3) is 0 Å². The van der Waals surface area contributed by atoms with Crippen molar-refractivity contribution in [2.45, 2.75) is 12.2 Å². The van der Waals surface area contributed by atoms with Gasteiger partial charge in [0.2, 0.25) is 0 Å². The van der Waals surface area contributed by atoms with Crippen LogP contribution in [0.5, 0.6) is 0 Å². The van der Waals surface area contributed by atoms with E-state index in [4.69, 9.17) is 10.2 Å². The van der Waals surface area contributed by atoms with Gasteiger partial charge in [-0.1, -0.05) is 47.0 Å². The van der Waals surface area contributed by atoms with Crippen LogP contribution < -0.4 is 0 Å². The third-order valence-electron chi connectivity index (χ3n) is 3.03. The highest BCUT2D eigenvalue weighted by atomic mass is 32.3. The molecule has 4 nitrogen and oxygen atoms in total. The molecule has 0 saturated carbocycles. The lowest BCUT2D eigenvalue weighted by molar-refractivity contribution is 0.113. The third-order valence-corrected chi connectivity index (χ3v) is 15.2. The van der Waals surface area contributed by atoms with Gasteiger partial charge in [-0.05, 0) is 0 Å². The quantitative estimate of drug-likeness (QED) is 0.384. The van der Waals surface area contributed by atoms with Crippen molar-refractivity contribution in [2.24, 2.45) is 0 Å². The first-order valence-corrected chi connectivity index (χ1v) is 14.8. The second-order valence-electron chi connectivity index (χ2n) is 5.12. The molecule has 0 radical (unpaired) electrons. The van der Waals surface area contributed by atoms with Crippen molar-refractivity contribution in [2.75, 3.05) is 36.2 Å². The summed E-state index contributed by atoms with van der Waals surface area (Å²) < 4.78 is 7.59. The summed E-state index contributed by atoms with van der Waals surface area (Å²) in [6, 6.07) is 0. The number of rotatable bonds is 8. The lowest BCUT2D eigenvalue weighted by Gasteiger charge is -2.09. The van der Waals surface area contributed by atoms with E-state index in [0.29, 0.717) is 11.5 Å². The molecule has 0 aliphatic carbocycles. The largest absolute Gasteiger partial charge is 0.394 e. The van der Waals surface area contributed by atoms with Crippen LogP contribution in [0.15, 0.2) is 25.4 Å². The van der Waals surface area contributed by atoms with E-state index in [9.17, 15) is 10.2 Å². The van der Waals surface area contributed by atoms with E-state index in [1.165, 1.54) is 28.5 Å². The predicted octanol–water partition coefficient (Wildman–Crippen LogP) is 3.98. The summed E-state index contributed by atoms with van der Waals surface area (Å²) in [5.74, 6) is 3.21. The molecule has 0 bridgehead atoms. The molecule has 4 N–H and O–H groups in total. The van der Waals surface area contributed by atoms with Gasteiger partial charge < -0.3 is 20.4 Å². The fourth-order valence-corrected chi connectivity index (χ4v) is 13.8. The maximum atomic E-state index is 9.66. The molecule has 12 heteroatoms. The van der Waals surface area contributed by atoms with Crippen molar-refractivity contribution in [3.8, 4) is 0 Å². The summed E-state index contributed by atoms with van der Waals surface area (Å²) >= 11 is 14.1. The minimum Gasteiger partial charge on any atom is -0.394 e. The fourth-order valence-electron chi connectivity index (χ4n) is 1.78. The van der Waals surface area contributed by atoms with E-state index >= 15 is 0 Å². The molecule has 3 aliphatic heterocycles. The summed E-state index contributed by atoms with van der Waals surface area (Å²) in [5.41, 5.74) is 0. The van der Waals surface area contributed by atoms with Crippen LogP contribution in [0.3, 0.4) is 0 Å². The molecule has 2 atom stereocenters. The van der Waals surface area contributed by atoms with Crippen molar-refractivity contribution in [3.05, 3.63) is 25.4 Å². The monoisotopic (exact) mass is 506 g/mol. The zero-order valence-corrected chi connectivity index (χ0v) is 20.0. The molecule has 0 fully saturated rings. The Bertz CT molecular complexity index is 572. The van der Waals surface area contributed by atoms with Gasteiger partial charge in [0.1, 0.15) is 0 Å². The van der Waals surface area contributed by atoms with Crippen LogP contribution >= 0.6 is 94.1 Å². The zero-order valence-electron chi connectivity index (χ0n) is 13.5. The van der Waals surface area contributed by atoms with Gasteiger partial charge in [-0.15, -0.1) is 47.0 Å². The Hall–Kier alpha value is 1.86. The molecule has 3 aliphatic rings. The van der Waals surface area contributed by atoms with Gasteiger partial charge >= 0.3 is 0 Å². The summed E-state index contributed by atoms with van der Waals surface area (Å²) in [6.45, 7) is -0.483. The maximum absolute atomic E-state index is 9.66. The standard InChI is InChI=1S/C14H18O4S8/c15-3-7(17)5-21-11-12(22-6-8(18)4-16)26-14(25-11)13-23-9-10(24-13)20-2-1-19-9/h7-8,15-18H,1-6H2/t7-,8-/m1/s1. The van der Waals surface area contributed by atoms with E-state index in [-0.39, 0.29) is 13.2 Å².